The van der Waals surface area contributed by atoms with E-state index in [0.29, 0.717) is 32.9 Å². The molecule has 12 heteroatoms. The molecule has 1 N–H and O–H groups in total. The SMILES string of the molecule is C[C@H]1CCN(c2c(NC(=O)c3ccc(=O)n(-c4c(F)cccc4F)n3)ccc3nn(C4CC(F)(F)C4)cc23)C1. The highest BCUT2D eigenvalue weighted by Crippen LogP contribution is 2.46. The van der Waals surface area contributed by atoms with Crippen LogP contribution >= 0.6 is 0 Å². The highest BCUT2D eigenvalue weighted by Gasteiger charge is 2.46. The summed E-state index contributed by atoms with van der Waals surface area (Å²) in [7, 11) is 0. The number of hydrogen-bond acceptors (Lipinski definition) is 5. The topological polar surface area (TPSA) is 85.1 Å². The van der Waals surface area contributed by atoms with E-state index in [1.54, 1.807) is 23.0 Å². The number of rotatable bonds is 5. The predicted molar refractivity (Wildman–Crippen MR) is 137 cm³/mol. The Morgan fingerprint density at radius 3 is 2.44 bits per heavy atom. The number of carbonyl (C=O) groups excluding carboxylic acids is 1. The Labute approximate surface area is 219 Å². The van der Waals surface area contributed by atoms with E-state index in [-0.39, 0.29) is 18.5 Å². The minimum absolute atomic E-state index is 0.231. The number of amides is 1. The van der Waals surface area contributed by atoms with E-state index in [2.05, 4.69) is 27.3 Å². The third-order valence-electron chi connectivity index (χ3n) is 7.29. The summed E-state index contributed by atoms with van der Waals surface area (Å²) in [6.07, 6.45) is 2.13. The molecule has 1 aliphatic heterocycles. The molecule has 8 nitrogen and oxygen atoms in total. The minimum atomic E-state index is -2.69. The molecule has 2 aromatic carbocycles. The Morgan fingerprint density at radius 1 is 1.03 bits per heavy atom. The molecule has 202 valence electrons. The molecule has 3 heterocycles. The average Bonchev–Trinajstić information content (AvgIpc) is 3.49. The average molecular weight is 541 g/mol. The monoisotopic (exact) mass is 540 g/mol. The molecule has 1 amide bonds. The first-order valence-electron chi connectivity index (χ1n) is 12.6. The van der Waals surface area contributed by atoms with E-state index in [4.69, 9.17) is 0 Å². The number of para-hydroxylation sites is 1. The number of halogens is 4. The third-order valence-corrected chi connectivity index (χ3v) is 7.29. The zero-order chi connectivity index (χ0) is 27.5. The van der Waals surface area contributed by atoms with Gasteiger partial charge in [-0.1, -0.05) is 13.0 Å². The number of anilines is 2. The molecule has 39 heavy (non-hydrogen) atoms. The standard InChI is InChI=1S/C27H24F4N6O2/c1-15-9-10-35(13-15)24-17-14-36(16-11-27(30,31)12-16)33-20(17)5-6-21(24)32-26(39)22-7-8-23(38)37(34-22)25-18(28)3-2-4-19(25)29/h2-8,14-16H,9-13H2,1H3,(H,32,39)/t15-/m0/s1. The quantitative estimate of drug-likeness (QED) is 0.363. The summed E-state index contributed by atoms with van der Waals surface area (Å²) in [4.78, 5) is 27.8. The van der Waals surface area contributed by atoms with Gasteiger partial charge in [-0.05, 0) is 42.7 Å². The van der Waals surface area contributed by atoms with Crippen molar-refractivity contribution in [1.82, 2.24) is 19.6 Å². The Morgan fingerprint density at radius 2 is 1.77 bits per heavy atom. The van der Waals surface area contributed by atoms with Crippen LogP contribution in [0.4, 0.5) is 28.9 Å². The molecule has 0 unspecified atom stereocenters. The van der Waals surface area contributed by atoms with Crippen molar-refractivity contribution in [1.29, 1.82) is 0 Å². The Balaban J connectivity index is 1.37. The summed E-state index contributed by atoms with van der Waals surface area (Å²) in [5, 5.41) is 12.0. The maximum Gasteiger partial charge on any atom is 0.276 e. The van der Waals surface area contributed by atoms with E-state index in [1.165, 1.54) is 6.07 Å². The first-order valence-corrected chi connectivity index (χ1v) is 12.6. The van der Waals surface area contributed by atoms with Crippen LogP contribution in [-0.2, 0) is 0 Å². The van der Waals surface area contributed by atoms with Gasteiger partial charge in [0.15, 0.2) is 11.6 Å². The first kappa shape index (κ1) is 25.1. The molecular weight excluding hydrogens is 516 g/mol. The zero-order valence-corrected chi connectivity index (χ0v) is 20.9. The fourth-order valence-corrected chi connectivity index (χ4v) is 5.25. The summed E-state index contributed by atoms with van der Waals surface area (Å²) < 4.78 is 57.8. The second-order valence-electron chi connectivity index (χ2n) is 10.3. The van der Waals surface area contributed by atoms with Gasteiger partial charge >= 0.3 is 0 Å². The molecule has 4 aromatic rings. The van der Waals surface area contributed by atoms with Gasteiger partial charge in [0.1, 0.15) is 11.4 Å². The van der Waals surface area contributed by atoms with Crippen LogP contribution in [0.25, 0.3) is 16.6 Å². The molecule has 1 saturated carbocycles. The number of aromatic nitrogens is 4. The number of hydrogen-bond donors (Lipinski definition) is 1. The van der Waals surface area contributed by atoms with Crippen molar-refractivity contribution < 1.29 is 22.4 Å². The lowest BCUT2D eigenvalue weighted by Crippen LogP contribution is -2.37. The van der Waals surface area contributed by atoms with Crippen molar-refractivity contribution in [3.05, 3.63) is 76.3 Å². The predicted octanol–water partition coefficient (Wildman–Crippen LogP) is 4.93. The molecule has 0 radical (unpaired) electrons. The molecule has 0 spiro atoms. The lowest BCUT2D eigenvalue weighted by atomic mass is 9.88. The number of carbonyl (C=O) groups is 1. The first-order chi connectivity index (χ1) is 18.6. The second-order valence-corrected chi connectivity index (χ2v) is 10.3. The Hall–Kier alpha value is -4.22. The van der Waals surface area contributed by atoms with Crippen molar-refractivity contribution >= 4 is 28.2 Å². The van der Waals surface area contributed by atoms with Crippen LogP contribution < -0.4 is 15.8 Å². The van der Waals surface area contributed by atoms with Crippen molar-refractivity contribution in [3.8, 4) is 5.69 Å². The molecule has 2 aromatic heterocycles. The molecule has 1 saturated heterocycles. The summed E-state index contributed by atoms with van der Waals surface area (Å²) >= 11 is 0. The summed E-state index contributed by atoms with van der Waals surface area (Å²) in [6, 6.07) is 8.30. The summed E-state index contributed by atoms with van der Waals surface area (Å²) in [5.74, 6) is -4.98. The van der Waals surface area contributed by atoms with Gasteiger partial charge in [0.2, 0.25) is 0 Å². The van der Waals surface area contributed by atoms with E-state index >= 15 is 0 Å². The van der Waals surface area contributed by atoms with Crippen molar-refractivity contribution in [2.45, 2.75) is 38.2 Å². The van der Waals surface area contributed by atoms with E-state index in [9.17, 15) is 27.2 Å². The largest absolute Gasteiger partial charge is 0.369 e. The maximum absolute atomic E-state index is 14.3. The van der Waals surface area contributed by atoms with Gasteiger partial charge in [-0.3, -0.25) is 14.3 Å². The number of fused-ring (bicyclic) bond motifs is 1. The highest BCUT2D eigenvalue weighted by molar-refractivity contribution is 6.08. The van der Waals surface area contributed by atoms with Gasteiger partial charge in [-0.15, -0.1) is 0 Å². The van der Waals surface area contributed by atoms with Crippen molar-refractivity contribution in [2.75, 3.05) is 23.3 Å². The molecule has 2 aliphatic rings. The highest BCUT2D eigenvalue weighted by atomic mass is 19.3. The van der Waals surface area contributed by atoms with E-state index < -0.39 is 40.8 Å². The molecular formula is C27H24F4N6O2. The van der Waals surface area contributed by atoms with Gasteiger partial charge in [-0.2, -0.15) is 14.9 Å². The second kappa shape index (κ2) is 9.21. The molecule has 1 aliphatic carbocycles. The number of nitrogens with zero attached hydrogens (tertiary/aromatic N) is 5. The molecule has 1 atom stereocenters. The molecule has 6 rings (SSSR count). The van der Waals surface area contributed by atoms with Gasteiger partial charge in [0.05, 0.1) is 22.9 Å². The summed E-state index contributed by atoms with van der Waals surface area (Å²) in [6.45, 7) is 3.57. The molecule has 2 fully saturated rings. The number of nitrogens with one attached hydrogen (secondary N) is 1. The van der Waals surface area contributed by atoms with Crippen LogP contribution in [0.15, 0.2) is 53.5 Å². The number of benzene rings is 2. The Kier molecular flexibility index (Phi) is 5.92. The minimum Gasteiger partial charge on any atom is -0.369 e. The lowest BCUT2D eigenvalue weighted by Gasteiger charge is -2.34. The summed E-state index contributed by atoms with van der Waals surface area (Å²) in [5.41, 5.74) is 0.0367. The van der Waals surface area contributed by atoms with Crippen LogP contribution in [0, 0.1) is 17.6 Å². The van der Waals surface area contributed by atoms with Crippen LogP contribution in [0.3, 0.4) is 0 Å². The normalized spacial score (nSPS) is 18.9. The zero-order valence-electron chi connectivity index (χ0n) is 20.9. The smallest absolute Gasteiger partial charge is 0.276 e. The Bertz CT molecular complexity index is 1640. The van der Waals surface area contributed by atoms with E-state index in [1.807, 2.05) is 0 Å². The van der Waals surface area contributed by atoms with Gasteiger partial charge in [-0.25, -0.2) is 17.6 Å². The van der Waals surface area contributed by atoms with Gasteiger partial charge in [0.25, 0.3) is 17.4 Å². The third kappa shape index (κ3) is 4.53. The lowest BCUT2D eigenvalue weighted by molar-refractivity contribution is -0.106. The van der Waals surface area contributed by atoms with Crippen LogP contribution in [-0.4, -0.2) is 44.5 Å². The van der Waals surface area contributed by atoms with Crippen molar-refractivity contribution in [2.24, 2.45) is 5.92 Å². The maximum atomic E-state index is 14.3. The van der Waals surface area contributed by atoms with Crippen LogP contribution in [0.1, 0.15) is 42.7 Å². The van der Waals surface area contributed by atoms with Gasteiger partial charge < -0.3 is 10.2 Å². The fourth-order valence-electron chi connectivity index (χ4n) is 5.25. The van der Waals surface area contributed by atoms with Crippen LogP contribution in [0.2, 0.25) is 0 Å². The van der Waals surface area contributed by atoms with Crippen molar-refractivity contribution in [3.63, 3.8) is 0 Å². The molecule has 0 bridgehead atoms. The van der Waals surface area contributed by atoms with E-state index in [0.717, 1.165) is 43.8 Å². The fraction of sp³-hybridized carbons (Fsp3) is 0.333. The van der Waals surface area contributed by atoms with Crippen LogP contribution in [0.5, 0.6) is 0 Å². The van der Waals surface area contributed by atoms with Gasteiger partial charge in [0, 0.05) is 43.6 Å². The number of alkyl halides is 2.